The van der Waals surface area contributed by atoms with Gasteiger partial charge in [-0.2, -0.15) is 13.2 Å². The molecule has 2 aliphatic heterocycles. The van der Waals surface area contributed by atoms with Gasteiger partial charge >= 0.3 is 6.18 Å². The fraction of sp³-hybridized carbons (Fsp3) is 0.478. The maximum Gasteiger partial charge on any atom is 0.416 e. The number of nitrogens with zero attached hydrogens (tertiary/aromatic N) is 3. The first-order valence-electron chi connectivity index (χ1n) is 10.6. The molecule has 2 fully saturated rings. The molecule has 2 aromatic rings. The van der Waals surface area contributed by atoms with Crippen LogP contribution in [0.2, 0.25) is 0 Å². The molecule has 0 spiro atoms. The Balaban J connectivity index is 1.41. The average molecular weight is 433 g/mol. The number of alkyl halides is 3. The highest BCUT2D eigenvalue weighted by Gasteiger charge is 2.31. The Hall–Kier alpha value is -2.61. The van der Waals surface area contributed by atoms with Crippen molar-refractivity contribution in [3.05, 3.63) is 59.3 Å². The van der Waals surface area contributed by atoms with Crippen molar-refractivity contribution in [3.8, 4) is 0 Å². The lowest BCUT2D eigenvalue weighted by Crippen LogP contribution is -2.39. The average Bonchev–Trinajstić information content (AvgIpc) is 2.79. The Kier molecular flexibility index (Phi) is 6.18. The van der Waals surface area contributed by atoms with Gasteiger partial charge < -0.3 is 14.5 Å². The summed E-state index contributed by atoms with van der Waals surface area (Å²) in [6.45, 7) is 5.32. The zero-order valence-corrected chi connectivity index (χ0v) is 17.4. The first-order valence-corrected chi connectivity index (χ1v) is 10.6. The number of hydrogen-bond donors (Lipinski definition) is 0. The lowest BCUT2D eigenvalue weighted by Gasteiger charge is -2.34. The van der Waals surface area contributed by atoms with E-state index in [4.69, 9.17) is 4.74 Å². The molecule has 5 nitrogen and oxygen atoms in total. The number of morpholine rings is 1. The summed E-state index contributed by atoms with van der Waals surface area (Å²) >= 11 is 0. The number of aromatic nitrogens is 1. The second-order valence-corrected chi connectivity index (χ2v) is 8.31. The summed E-state index contributed by atoms with van der Waals surface area (Å²) in [5, 5.41) is 0. The summed E-state index contributed by atoms with van der Waals surface area (Å²) in [5.41, 5.74) is 0.601. The Morgan fingerprint density at radius 2 is 1.77 bits per heavy atom. The van der Waals surface area contributed by atoms with Crippen molar-refractivity contribution in [2.75, 3.05) is 37.7 Å². The lowest BCUT2D eigenvalue weighted by atomic mass is 9.99. The normalized spacial score (nSPS) is 20.7. The van der Waals surface area contributed by atoms with Crippen LogP contribution >= 0.6 is 0 Å². The van der Waals surface area contributed by atoms with Crippen LogP contribution in [0.1, 0.15) is 47.4 Å². The van der Waals surface area contributed by atoms with E-state index in [1.807, 2.05) is 15.9 Å². The van der Waals surface area contributed by atoms with Crippen molar-refractivity contribution < 1.29 is 22.7 Å². The Labute approximate surface area is 179 Å². The highest BCUT2D eigenvalue weighted by Crippen LogP contribution is 2.31. The fourth-order valence-corrected chi connectivity index (χ4v) is 4.04. The van der Waals surface area contributed by atoms with Gasteiger partial charge in [-0.25, -0.2) is 4.98 Å². The van der Waals surface area contributed by atoms with Gasteiger partial charge in [0.2, 0.25) is 0 Å². The second-order valence-electron chi connectivity index (χ2n) is 8.31. The molecule has 0 aliphatic carbocycles. The van der Waals surface area contributed by atoms with Gasteiger partial charge in [-0.3, -0.25) is 4.79 Å². The predicted octanol–water partition coefficient (Wildman–Crippen LogP) is 4.55. The smallest absolute Gasteiger partial charge is 0.370 e. The Morgan fingerprint density at radius 1 is 1.06 bits per heavy atom. The van der Waals surface area contributed by atoms with Gasteiger partial charge in [0.05, 0.1) is 17.7 Å². The number of carbonyl (C=O) groups excluding carboxylic acids is 1. The van der Waals surface area contributed by atoms with Gasteiger partial charge in [0.1, 0.15) is 11.9 Å². The number of amides is 1. The number of benzene rings is 1. The molecular formula is C23H26F3N3O2. The van der Waals surface area contributed by atoms with E-state index in [0.717, 1.165) is 43.9 Å². The Morgan fingerprint density at radius 3 is 2.39 bits per heavy atom. The molecule has 2 aliphatic rings. The number of hydrogen-bond acceptors (Lipinski definition) is 4. The maximum absolute atomic E-state index is 12.8. The molecule has 0 bridgehead atoms. The summed E-state index contributed by atoms with van der Waals surface area (Å²) in [4.78, 5) is 21.1. The molecule has 0 saturated carbocycles. The van der Waals surface area contributed by atoms with Gasteiger partial charge in [-0.15, -0.1) is 0 Å². The maximum atomic E-state index is 12.8. The van der Waals surface area contributed by atoms with Crippen LogP contribution in [0, 0.1) is 5.92 Å². The van der Waals surface area contributed by atoms with E-state index in [1.54, 1.807) is 12.3 Å². The van der Waals surface area contributed by atoms with Gasteiger partial charge in [0, 0.05) is 32.4 Å². The summed E-state index contributed by atoms with van der Waals surface area (Å²) < 4.78 is 44.2. The highest BCUT2D eigenvalue weighted by atomic mass is 19.4. The summed E-state index contributed by atoms with van der Waals surface area (Å²) in [6, 6.07) is 8.72. The molecule has 3 heterocycles. The molecule has 166 valence electrons. The number of likely N-dealkylation sites (tertiary alicyclic amines) is 1. The SMILES string of the molecule is CC1CCN(C(=O)c2ccc(N3CCOC(c4ccc(C(F)(F)F)cc4)C3)nc2)CC1. The third-order valence-electron chi connectivity index (χ3n) is 6.07. The molecule has 0 N–H and O–H groups in total. The van der Waals surface area contributed by atoms with E-state index in [1.165, 1.54) is 12.1 Å². The van der Waals surface area contributed by atoms with Crippen LogP contribution in [0.25, 0.3) is 0 Å². The minimum Gasteiger partial charge on any atom is -0.370 e. The van der Waals surface area contributed by atoms with E-state index in [2.05, 4.69) is 11.9 Å². The molecule has 1 amide bonds. The van der Waals surface area contributed by atoms with Crippen molar-refractivity contribution in [3.63, 3.8) is 0 Å². The van der Waals surface area contributed by atoms with Gasteiger partial charge in [-0.1, -0.05) is 19.1 Å². The molecule has 0 radical (unpaired) electrons. The molecule has 2 saturated heterocycles. The number of halogens is 3. The molecule has 1 atom stereocenters. The van der Waals surface area contributed by atoms with Crippen molar-refractivity contribution in [2.45, 2.75) is 32.0 Å². The topological polar surface area (TPSA) is 45.7 Å². The van der Waals surface area contributed by atoms with Crippen molar-refractivity contribution in [1.82, 2.24) is 9.88 Å². The van der Waals surface area contributed by atoms with Crippen LogP contribution in [0.4, 0.5) is 19.0 Å². The zero-order chi connectivity index (χ0) is 22.0. The third-order valence-corrected chi connectivity index (χ3v) is 6.07. The number of piperidine rings is 1. The molecule has 8 heteroatoms. The van der Waals surface area contributed by atoms with Crippen molar-refractivity contribution >= 4 is 11.7 Å². The molecule has 31 heavy (non-hydrogen) atoms. The van der Waals surface area contributed by atoms with Crippen LogP contribution in [0.3, 0.4) is 0 Å². The van der Waals surface area contributed by atoms with E-state index >= 15 is 0 Å². The van der Waals surface area contributed by atoms with E-state index in [-0.39, 0.29) is 12.0 Å². The molecule has 1 aromatic carbocycles. The summed E-state index contributed by atoms with van der Waals surface area (Å²) in [5.74, 6) is 1.39. The zero-order valence-electron chi connectivity index (χ0n) is 17.4. The van der Waals surface area contributed by atoms with E-state index in [9.17, 15) is 18.0 Å². The first-order chi connectivity index (χ1) is 14.8. The largest absolute Gasteiger partial charge is 0.416 e. The standard InChI is InChI=1S/C23H26F3N3O2/c1-16-8-10-28(11-9-16)22(30)18-4-7-21(27-14-18)29-12-13-31-20(15-29)17-2-5-19(6-3-17)23(24,25)26/h2-7,14,16,20H,8-13,15H2,1H3. The van der Waals surface area contributed by atoms with Crippen LogP contribution in [0.5, 0.6) is 0 Å². The van der Waals surface area contributed by atoms with Crippen molar-refractivity contribution in [2.24, 2.45) is 5.92 Å². The molecule has 1 aromatic heterocycles. The number of anilines is 1. The number of pyridine rings is 1. The number of carbonyl (C=O) groups is 1. The second kappa shape index (κ2) is 8.86. The van der Waals surface area contributed by atoms with Gasteiger partial charge in [0.15, 0.2) is 0 Å². The third kappa shape index (κ3) is 5.01. The first kappa shape index (κ1) is 21.6. The minimum atomic E-state index is -4.35. The molecule has 4 rings (SSSR count). The highest BCUT2D eigenvalue weighted by molar-refractivity contribution is 5.94. The minimum absolute atomic E-state index is 0.00978. The van der Waals surface area contributed by atoms with Crippen LogP contribution < -0.4 is 4.90 Å². The number of ether oxygens (including phenoxy) is 1. The van der Waals surface area contributed by atoms with Crippen molar-refractivity contribution in [1.29, 1.82) is 0 Å². The molecule has 1 unspecified atom stereocenters. The fourth-order valence-electron chi connectivity index (χ4n) is 4.04. The van der Waals surface area contributed by atoms with Gasteiger partial charge in [0.25, 0.3) is 5.91 Å². The van der Waals surface area contributed by atoms with Crippen LogP contribution in [-0.4, -0.2) is 48.6 Å². The summed E-state index contributed by atoms with van der Waals surface area (Å²) in [6.07, 6.45) is -1.03. The quantitative estimate of drug-likeness (QED) is 0.713. The molecular weight excluding hydrogens is 407 g/mol. The Bertz CT molecular complexity index is 892. The summed E-state index contributed by atoms with van der Waals surface area (Å²) in [7, 11) is 0. The predicted molar refractivity (Wildman–Crippen MR) is 111 cm³/mol. The lowest BCUT2D eigenvalue weighted by molar-refractivity contribution is -0.137. The van der Waals surface area contributed by atoms with Crippen LogP contribution in [-0.2, 0) is 10.9 Å². The van der Waals surface area contributed by atoms with E-state index < -0.39 is 11.7 Å². The number of rotatable bonds is 3. The monoisotopic (exact) mass is 433 g/mol. The van der Waals surface area contributed by atoms with E-state index in [0.29, 0.717) is 36.7 Å². The van der Waals surface area contributed by atoms with Crippen LogP contribution in [0.15, 0.2) is 42.6 Å². The van der Waals surface area contributed by atoms with Gasteiger partial charge in [-0.05, 0) is 48.6 Å².